The maximum absolute atomic E-state index is 12.3. The summed E-state index contributed by atoms with van der Waals surface area (Å²) in [5.41, 5.74) is 5.44. The number of anilines is 1. The molecule has 9 heteroatoms. The molecule has 1 amide bonds. The molecule has 3 rings (SSSR count). The molecular formula is C12H16N6O2S. The highest BCUT2D eigenvalue weighted by Gasteiger charge is 2.31. The Bertz CT molecular complexity index is 599. The van der Waals surface area contributed by atoms with E-state index in [2.05, 4.69) is 20.4 Å². The summed E-state index contributed by atoms with van der Waals surface area (Å²) in [5, 5.41) is 9.16. The molecule has 1 aliphatic rings. The van der Waals surface area contributed by atoms with Gasteiger partial charge in [-0.05, 0) is 19.4 Å². The minimum atomic E-state index is -0.186. The van der Waals surface area contributed by atoms with Crippen molar-refractivity contribution in [2.24, 2.45) is 5.73 Å². The van der Waals surface area contributed by atoms with Crippen LogP contribution in [0.3, 0.4) is 0 Å². The third-order valence-electron chi connectivity index (χ3n) is 3.36. The van der Waals surface area contributed by atoms with Crippen molar-refractivity contribution in [3.05, 3.63) is 23.3 Å². The van der Waals surface area contributed by atoms with Crippen LogP contribution in [-0.2, 0) is 17.9 Å². The molecule has 0 aromatic carbocycles. The van der Waals surface area contributed by atoms with E-state index in [0.717, 1.165) is 19.4 Å². The molecule has 2 aromatic rings. The molecule has 0 radical (unpaired) electrons. The molecule has 1 saturated heterocycles. The Labute approximate surface area is 125 Å². The second-order valence-corrected chi connectivity index (χ2v) is 5.66. The van der Waals surface area contributed by atoms with Gasteiger partial charge in [-0.3, -0.25) is 9.69 Å². The molecule has 0 saturated carbocycles. The number of rotatable bonds is 5. The zero-order chi connectivity index (χ0) is 14.7. The number of carbonyl (C=O) groups excluding carboxylic acids is 1. The van der Waals surface area contributed by atoms with Crippen LogP contribution in [0.2, 0.25) is 0 Å². The maximum atomic E-state index is 12.3. The van der Waals surface area contributed by atoms with Gasteiger partial charge in [0.1, 0.15) is 0 Å². The van der Waals surface area contributed by atoms with E-state index in [1.54, 1.807) is 6.20 Å². The number of nitrogens with one attached hydrogen (secondary N) is 1. The van der Waals surface area contributed by atoms with E-state index >= 15 is 0 Å². The van der Waals surface area contributed by atoms with Crippen LogP contribution in [0.4, 0.5) is 5.13 Å². The fraction of sp³-hybridized carbons (Fsp3) is 0.500. The van der Waals surface area contributed by atoms with E-state index < -0.39 is 0 Å². The van der Waals surface area contributed by atoms with Gasteiger partial charge in [-0.25, -0.2) is 4.98 Å². The average Bonchev–Trinajstić information content (AvgIpc) is 3.20. The van der Waals surface area contributed by atoms with Gasteiger partial charge in [-0.1, -0.05) is 5.16 Å². The van der Waals surface area contributed by atoms with Crippen LogP contribution < -0.4 is 11.1 Å². The molecule has 112 valence electrons. The van der Waals surface area contributed by atoms with E-state index in [0.29, 0.717) is 23.4 Å². The monoisotopic (exact) mass is 308 g/mol. The van der Waals surface area contributed by atoms with Crippen molar-refractivity contribution < 1.29 is 9.32 Å². The Hall–Kier alpha value is -1.84. The summed E-state index contributed by atoms with van der Waals surface area (Å²) >= 11 is 1.41. The van der Waals surface area contributed by atoms with Gasteiger partial charge >= 0.3 is 0 Å². The Morgan fingerprint density at radius 2 is 2.52 bits per heavy atom. The standard InChI is InChI=1S/C12H16N6O2S/c13-6-10-15-9(17-20-10)7-18-4-1-2-8(18)11(19)16-12-14-3-5-21-12/h3,5,8H,1-2,4,6-7,13H2,(H,14,16,19). The second kappa shape index (κ2) is 6.29. The molecule has 8 nitrogen and oxygen atoms in total. The van der Waals surface area contributed by atoms with E-state index in [9.17, 15) is 4.79 Å². The fourth-order valence-corrected chi connectivity index (χ4v) is 2.94. The third-order valence-corrected chi connectivity index (χ3v) is 4.05. The molecule has 1 atom stereocenters. The molecule has 2 aromatic heterocycles. The summed E-state index contributed by atoms with van der Waals surface area (Å²) in [6.07, 6.45) is 3.46. The predicted octanol–water partition coefficient (Wildman–Crippen LogP) is 0.588. The van der Waals surface area contributed by atoms with Crippen LogP contribution in [0.25, 0.3) is 0 Å². The van der Waals surface area contributed by atoms with Gasteiger partial charge in [0.2, 0.25) is 11.8 Å². The van der Waals surface area contributed by atoms with Gasteiger partial charge in [0.25, 0.3) is 0 Å². The maximum Gasteiger partial charge on any atom is 0.243 e. The Morgan fingerprint density at radius 3 is 3.24 bits per heavy atom. The lowest BCUT2D eigenvalue weighted by Crippen LogP contribution is -2.39. The number of carbonyl (C=O) groups is 1. The highest BCUT2D eigenvalue weighted by atomic mass is 32.1. The van der Waals surface area contributed by atoms with Gasteiger partial charge in [-0.15, -0.1) is 11.3 Å². The van der Waals surface area contributed by atoms with E-state index in [1.807, 2.05) is 10.3 Å². The van der Waals surface area contributed by atoms with Crippen LogP contribution >= 0.6 is 11.3 Å². The molecule has 1 fully saturated rings. The number of thiazole rings is 1. The summed E-state index contributed by atoms with van der Waals surface area (Å²) in [4.78, 5) is 22.6. The molecular weight excluding hydrogens is 292 g/mol. The van der Waals surface area contributed by atoms with Gasteiger partial charge in [-0.2, -0.15) is 4.98 Å². The highest BCUT2D eigenvalue weighted by molar-refractivity contribution is 7.13. The second-order valence-electron chi connectivity index (χ2n) is 4.76. The number of nitrogens with zero attached hydrogens (tertiary/aromatic N) is 4. The SMILES string of the molecule is NCc1nc(CN2CCCC2C(=O)Nc2nccs2)no1. The molecule has 0 bridgehead atoms. The van der Waals surface area contributed by atoms with E-state index in [1.165, 1.54) is 11.3 Å². The predicted molar refractivity (Wildman–Crippen MR) is 76.4 cm³/mol. The quantitative estimate of drug-likeness (QED) is 0.831. The number of nitrogens with two attached hydrogens (primary N) is 1. The topological polar surface area (TPSA) is 110 Å². The van der Waals surface area contributed by atoms with Gasteiger partial charge in [0.05, 0.1) is 19.1 Å². The zero-order valence-corrected chi connectivity index (χ0v) is 12.2. The molecule has 1 aliphatic heterocycles. The average molecular weight is 308 g/mol. The van der Waals surface area contributed by atoms with Crippen LogP contribution in [0.5, 0.6) is 0 Å². The van der Waals surface area contributed by atoms with Crippen LogP contribution in [0.1, 0.15) is 24.6 Å². The van der Waals surface area contributed by atoms with Crippen molar-refractivity contribution in [2.45, 2.75) is 32.0 Å². The number of hydrogen-bond acceptors (Lipinski definition) is 8. The Balaban J connectivity index is 1.63. The molecule has 1 unspecified atom stereocenters. The van der Waals surface area contributed by atoms with Crippen molar-refractivity contribution in [2.75, 3.05) is 11.9 Å². The largest absolute Gasteiger partial charge is 0.338 e. The normalized spacial score (nSPS) is 19.0. The lowest BCUT2D eigenvalue weighted by atomic mass is 10.2. The lowest BCUT2D eigenvalue weighted by Gasteiger charge is -2.21. The van der Waals surface area contributed by atoms with Crippen molar-refractivity contribution >= 4 is 22.4 Å². The number of hydrogen-bond donors (Lipinski definition) is 2. The Kier molecular flexibility index (Phi) is 4.23. The first-order valence-electron chi connectivity index (χ1n) is 6.72. The zero-order valence-electron chi connectivity index (χ0n) is 11.4. The van der Waals surface area contributed by atoms with E-state index in [-0.39, 0.29) is 18.5 Å². The van der Waals surface area contributed by atoms with Crippen LogP contribution in [0, 0.1) is 0 Å². The number of aromatic nitrogens is 3. The molecule has 3 heterocycles. The van der Waals surface area contributed by atoms with Gasteiger partial charge in [0, 0.05) is 11.6 Å². The summed E-state index contributed by atoms with van der Waals surface area (Å²) in [7, 11) is 0. The van der Waals surface area contributed by atoms with Crippen molar-refractivity contribution in [3.63, 3.8) is 0 Å². The first-order chi connectivity index (χ1) is 10.3. The number of likely N-dealkylation sites (tertiary alicyclic amines) is 1. The minimum absolute atomic E-state index is 0.0370. The van der Waals surface area contributed by atoms with Crippen molar-refractivity contribution in [1.82, 2.24) is 20.0 Å². The lowest BCUT2D eigenvalue weighted by molar-refractivity contribution is -0.120. The fourth-order valence-electron chi connectivity index (χ4n) is 2.41. The van der Waals surface area contributed by atoms with Crippen molar-refractivity contribution in [3.8, 4) is 0 Å². The summed E-state index contributed by atoms with van der Waals surface area (Å²) in [5.74, 6) is 0.933. The third kappa shape index (κ3) is 3.26. The van der Waals surface area contributed by atoms with E-state index in [4.69, 9.17) is 10.3 Å². The summed E-state index contributed by atoms with van der Waals surface area (Å²) in [6, 6.07) is -0.186. The Morgan fingerprint density at radius 1 is 1.62 bits per heavy atom. The first-order valence-corrected chi connectivity index (χ1v) is 7.60. The van der Waals surface area contributed by atoms with Crippen LogP contribution in [0.15, 0.2) is 16.1 Å². The molecule has 0 aliphatic carbocycles. The number of amides is 1. The summed E-state index contributed by atoms with van der Waals surface area (Å²) < 4.78 is 4.98. The van der Waals surface area contributed by atoms with Gasteiger partial charge < -0.3 is 15.6 Å². The van der Waals surface area contributed by atoms with Crippen molar-refractivity contribution in [1.29, 1.82) is 0 Å². The van der Waals surface area contributed by atoms with Crippen LogP contribution in [-0.4, -0.2) is 38.5 Å². The van der Waals surface area contributed by atoms with Gasteiger partial charge in [0.15, 0.2) is 11.0 Å². The first kappa shape index (κ1) is 14.1. The minimum Gasteiger partial charge on any atom is -0.338 e. The summed E-state index contributed by atoms with van der Waals surface area (Å²) in [6.45, 7) is 1.54. The molecule has 21 heavy (non-hydrogen) atoms. The molecule has 0 spiro atoms. The smallest absolute Gasteiger partial charge is 0.243 e. The highest BCUT2D eigenvalue weighted by Crippen LogP contribution is 2.21. The molecule has 3 N–H and O–H groups in total.